The molecule has 1 aliphatic rings. The summed E-state index contributed by atoms with van der Waals surface area (Å²) in [5.74, 6) is 2.06. The van der Waals surface area contributed by atoms with E-state index >= 15 is 0 Å². The maximum atomic E-state index is 5.80. The molecule has 1 atom stereocenters. The molecule has 6 heteroatoms. The molecule has 0 bridgehead atoms. The summed E-state index contributed by atoms with van der Waals surface area (Å²) < 4.78 is 13.5. The third-order valence-electron chi connectivity index (χ3n) is 4.41. The number of furan rings is 1. The number of fused-ring (bicyclic) bond motifs is 2. The zero-order valence-corrected chi connectivity index (χ0v) is 12.3. The first-order chi connectivity index (χ1) is 11.4. The summed E-state index contributed by atoms with van der Waals surface area (Å²) in [4.78, 5) is 8.75. The Labute approximate surface area is 131 Å². The molecule has 3 aromatic heterocycles. The lowest BCUT2D eigenvalue weighted by atomic mass is 9.96. The van der Waals surface area contributed by atoms with Gasteiger partial charge in [0.15, 0.2) is 5.76 Å². The maximum Gasteiger partial charge on any atom is 0.238 e. The number of nitrogens with zero attached hydrogens (tertiary/aromatic N) is 4. The molecule has 0 unspecified atom stereocenters. The predicted octanol–water partition coefficient (Wildman–Crippen LogP) is 3.41. The fraction of sp³-hybridized carbons (Fsp3) is 0.235. The van der Waals surface area contributed by atoms with Gasteiger partial charge in [0.2, 0.25) is 11.7 Å². The van der Waals surface area contributed by atoms with Crippen LogP contribution in [0.25, 0.3) is 22.6 Å². The second-order valence-electron chi connectivity index (χ2n) is 5.87. The van der Waals surface area contributed by atoms with Gasteiger partial charge in [0.05, 0.1) is 6.33 Å². The number of rotatable bonds is 2. The highest BCUT2D eigenvalue weighted by Gasteiger charge is 2.26. The lowest BCUT2D eigenvalue weighted by Gasteiger charge is -2.20. The quantitative estimate of drug-likeness (QED) is 0.567. The van der Waals surface area contributed by atoms with Crippen LogP contribution in [0, 0.1) is 0 Å². The van der Waals surface area contributed by atoms with E-state index in [1.807, 2.05) is 42.9 Å². The Morgan fingerprint density at radius 3 is 3.13 bits per heavy atom. The van der Waals surface area contributed by atoms with Crippen LogP contribution in [0.3, 0.4) is 0 Å². The van der Waals surface area contributed by atoms with Crippen molar-refractivity contribution in [3.63, 3.8) is 0 Å². The fourth-order valence-electron chi connectivity index (χ4n) is 3.17. The lowest BCUT2D eigenvalue weighted by molar-refractivity contribution is 0.325. The zero-order valence-electron chi connectivity index (χ0n) is 12.3. The van der Waals surface area contributed by atoms with Crippen LogP contribution in [0.4, 0.5) is 0 Å². The molecule has 0 saturated heterocycles. The Hall–Kier alpha value is -2.89. The monoisotopic (exact) mass is 306 g/mol. The first kappa shape index (κ1) is 12.6. The molecule has 0 spiro atoms. The third-order valence-corrected chi connectivity index (χ3v) is 4.41. The minimum atomic E-state index is 0.241. The number of benzene rings is 1. The summed E-state index contributed by atoms with van der Waals surface area (Å²) in [6.45, 7) is 0.933. The molecular formula is C17H14N4O2. The largest absolute Gasteiger partial charge is 0.453 e. The highest BCUT2D eigenvalue weighted by molar-refractivity contribution is 5.81. The van der Waals surface area contributed by atoms with Gasteiger partial charge in [-0.05, 0) is 18.6 Å². The van der Waals surface area contributed by atoms with Crippen LogP contribution in [-0.4, -0.2) is 19.7 Å². The Bertz CT molecular complexity index is 948. The van der Waals surface area contributed by atoms with Crippen molar-refractivity contribution < 1.29 is 8.94 Å². The number of aryl methyl sites for hydroxylation is 1. The van der Waals surface area contributed by atoms with E-state index in [0.29, 0.717) is 17.5 Å². The number of aromatic nitrogens is 4. The standard InChI is InChI=1S/C17H14N4O2/c1-2-4-14-11(3-1)8-15(22-14)16-19-17(23-20-16)12-5-6-21-10-18-9-13(21)7-12/h1-4,8-10,12H,5-7H2/t12-/m1/s1. The number of para-hydroxylation sites is 1. The van der Waals surface area contributed by atoms with Crippen LogP contribution in [0.2, 0.25) is 0 Å². The Morgan fingerprint density at radius 1 is 1.22 bits per heavy atom. The predicted molar refractivity (Wildman–Crippen MR) is 82.8 cm³/mol. The molecule has 0 amide bonds. The van der Waals surface area contributed by atoms with Crippen molar-refractivity contribution in [2.24, 2.45) is 0 Å². The summed E-state index contributed by atoms with van der Waals surface area (Å²) >= 11 is 0. The van der Waals surface area contributed by atoms with Gasteiger partial charge in [-0.15, -0.1) is 0 Å². The average Bonchev–Trinajstić information content (AvgIpc) is 3.31. The van der Waals surface area contributed by atoms with Gasteiger partial charge >= 0.3 is 0 Å². The van der Waals surface area contributed by atoms with E-state index in [2.05, 4.69) is 19.7 Å². The van der Waals surface area contributed by atoms with E-state index < -0.39 is 0 Å². The molecule has 114 valence electrons. The smallest absolute Gasteiger partial charge is 0.238 e. The van der Waals surface area contributed by atoms with Crippen molar-refractivity contribution in [3.05, 3.63) is 54.4 Å². The molecule has 4 heterocycles. The first-order valence-electron chi connectivity index (χ1n) is 7.68. The normalized spacial score (nSPS) is 17.5. The molecule has 6 nitrogen and oxygen atoms in total. The molecule has 4 aromatic rings. The van der Waals surface area contributed by atoms with Crippen LogP contribution in [0.1, 0.15) is 23.9 Å². The fourth-order valence-corrected chi connectivity index (χ4v) is 3.17. The molecule has 0 radical (unpaired) electrons. The minimum Gasteiger partial charge on any atom is -0.453 e. The average molecular weight is 306 g/mol. The Balaban J connectivity index is 1.46. The molecule has 0 N–H and O–H groups in total. The first-order valence-corrected chi connectivity index (χ1v) is 7.68. The second kappa shape index (κ2) is 4.81. The van der Waals surface area contributed by atoms with Crippen molar-refractivity contribution in [3.8, 4) is 11.6 Å². The van der Waals surface area contributed by atoms with E-state index in [4.69, 9.17) is 8.94 Å². The molecule has 1 aliphatic heterocycles. The van der Waals surface area contributed by atoms with Crippen LogP contribution in [0.15, 0.2) is 51.8 Å². The lowest BCUT2D eigenvalue weighted by Crippen LogP contribution is -2.17. The van der Waals surface area contributed by atoms with E-state index in [-0.39, 0.29) is 5.92 Å². The van der Waals surface area contributed by atoms with Crippen LogP contribution >= 0.6 is 0 Å². The number of hydrogen-bond donors (Lipinski definition) is 0. The maximum absolute atomic E-state index is 5.80. The minimum absolute atomic E-state index is 0.241. The summed E-state index contributed by atoms with van der Waals surface area (Å²) in [6, 6.07) is 9.81. The summed E-state index contributed by atoms with van der Waals surface area (Å²) in [5, 5.41) is 5.14. The number of imidazole rings is 1. The molecule has 0 aliphatic carbocycles. The molecular weight excluding hydrogens is 292 g/mol. The molecule has 23 heavy (non-hydrogen) atoms. The van der Waals surface area contributed by atoms with Gasteiger partial charge in [-0.25, -0.2) is 4.98 Å². The van der Waals surface area contributed by atoms with Crippen molar-refractivity contribution in [2.75, 3.05) is 0 Å². The van der Waals surface area contributed by atoms with Crippen molar-refractivity contribution >= 4 is 11.0 Å². The van der Waals surface area contributed by atoms with Crippen LogP contribution in [0.5, 0.6) is 0 Å². The highest BCUT2D eigenvalue weighted by Crippen LogP contribution is 2.31. The molecule has 1 aromatic carbocycles. The molecule has 0 fully saturated rings. The van der Waals surface area contributed by atoms with Crippen molar-refractivity contribution in [2.45, 2.75) is 25.3 Å². The van der Waals surface area contributed by atoms with Gasteiger partial charge in [0.1, 0.15) is 5.58 Å². The van der Waals surface area contributed by atoms with Crippen LogP contribution in [-0.2, 0) is 13.0 Å². The van der Waals surface area contributed by atoms with Crippen molar-refractivity contribution in [1.29, 1.82) is 0 Å². The van der Waals surface area contributed by atoms with E-state index in [1.165, 1.54) is 5.69 Å². The summed E-state index contributed by atoms with van der Waals surface area (Å²) in [7, 11) is 0. The summed E-state index contributed by atoms with van der Waals surface area (Å²) in [6.07, 6.45) is 5.63. The van der Waals surface area contributed by atoms with E-state index in [9.17, 15) is 0 Å². The third kappa shape index (κ3) is 2.06. The Morgan fingerprint density at radius 2 is 2.17 bits per heavy atom. The van der Waals surface area contributed by atoms with E-state index in [1.54, 1.807) is 0 Å². The van der Waals surface area contributed by atoms with Gasteiger partial charge in [-0.3, -0.25) is 0 Å². The molecule has 0 saturated carbocycles. The second-order valence-corrected chi connectivity index (χ2v) is 5.87. The van der Waals surface area contributed by atoms with Crippen molar-refractivity contribution in [1.82, 2.24) is 19.7 Å². The van der Waals surface area contributed by atoms with Gasteiger partial charge in [0, 0.05) is 36.2 Å². The topological polar surface area (TPSA) is 69.9 Å². The zero-order chi connectivity index (χ0) is 15.2. The highest BCUT2D eigenvalue weighted by atomic mass is 16.5. The number of hydrogen-bond acceptors (Lipinski definition) is 5. The van der Waals surface area contributed by atoms with Gasteiger partial charge < -0.3 is 13.5 Å². The molecule has 5 rings (SSSR count). The van der Waals surface area contributed by atoms with Gasteiger partial charge in [0.25, 0.3) is 0 Å². The van der Waals surface area contributed by atoms with Gasteiger partial charge in [-0.2, -0.15) is 4.98 Å². The summed E-state index contributed by atoms with van der Waals surface area (Å²) in [5.41, 5.74) is 2.04. The van der Waals surface area contributed by atoms with E-state index in [0.717, 1.165) is 30.4 Å². The Kier molecular flexibility index (Phi) is 2.64. The van der Waals surface area contributed by atoms with Crippen LogP contribution < -0.4 is 0 Å². The SMILES string of the molecule is c1ccc2oc(-c3noc([C@@H]4CCn5cncc5C4)n3)cc2c1. The van der Waals surface area contributed by atoms with Gasteiger partial charge in [-0.1, -0.05) is 23.4 Å².